The minimum absolute atomic E-state index is 0.302. The first-order valence-electron chi connectivity index (χ1n) is 6.28. The van der Waals surface area contributed by atoms with E-state index in [-0.39, 0.29) is 5.82 Å². The predicted molar refractivity (Wildman–Crippen MR) is 71.3 cm³/mol. The van der Waals surface area contributed by atoms with E-state index in [0.717, 1.165) is 17.8 Å². The van der Waals surface area contributed by atoms with Crippen molar-refractivity contribution in [1.29, 1.82) is 0 Å². The Balaban J connectivity index is 2.12. The third-order valence-corrected chi connectivity index (χ3v) is 2.89. The van der Waals surface area contributed by atoms with Gasteiger partial charge in [0.25, 0.3) is 0 Å². The molecule has 0 spiro atoms. The molecule has 0 saturated carbocycles. The molecule has 5 heteroatoms. The summed E-state index contributed by atoms with van der Waals surface area (Å²) in [5, 5.41) is 3.17. The van der Waals surface area contributed by atoms with Crippen LogP contribution in [-0.4, -0.2) is 16.1 Å². The Labute approximate surface area is 112 Å². The molecule has 1 heterocycles. The van der Waals surface area contributed by atoms with Gasteiger partial charge in [0.1, 0.15) is 6.61 Å². The second-order valence-corrected chi connectivity index (χ2v) is 4.29. The van der Waals surface area contributed by atoms with Crippen LogP contribution >= 0.6 is 0 Å². The highest BCUT2D eigenvalue weighted by Crippen LogP contribution is 2.23. The molecule has 0 unspecified atom stereocenters. The highest BCUT2D eigenvalue weighted by Gasteiger charge is 2.10. The van der Waals surface area contributed by atoms with Gasteiger partial charge in [-0.1, -0.05) is 19.1 Å². The third-order valence-electron chi connectivity index (χ3n) is 2.89. The molecule has 0 amide bonds. The zero-order valence-electron chi connectivity index (χ0n) is 11.2. The summed E-state index contributed by atoms with van der Waals surface area (Å²) in [7, 11) is 1.88. The molecule has 2 rings (SSSR count). The fourth-order valence-corrected chi connectivity index (χ4v) is 1.78. The molecule has 1 aromatic heterocycles. The number of hydrogen-bond acceptors (Lipinski definition) is 3. The van der Waals surface area contributed by atoms with E-state index in [9.17, 15) is 4.39 Å². The van der Waals surface area contributed by atoms with E-state index in [1.54, 1.807) is 18.6 Å². The van der Waals surface area contributed by atoms with E-state index < -0.39 is 0 Å². The highest BCUT2D eigenvalue weighted by atomic mass is 19.1. The van der Waals surface area contributed by atoms with Gasteiger partial charge in [0, 0.05) is 19.2 Å². The van der Waals surface area contributed by atoms with E-state index >= 15 is 0 Å². The van der Waals surface area contributed by atoms with Crippen LogP contribution in [0.25, 0.3) is 0 Å². The maximum absolute atomic E-state index is 13.8. The van der Waals surface area contributed by atoms with Gasteiger partial charge in [-0.25, -0.2) is 9.37 Å². The number of nitrogens with zero attached hydrogens (tertiary/aromatic N) is 2. The van der Waals surface area contributed by atoms with Crippen molar-refractivity contribution in [3.63, 3.8) is 0 Å². The maximum atomic E-state index is 13.8. The van der Waals surface area contributed by atoms with Crippen molar-refractivity contribution >= 4 is 0 Å². The van der Waals surface area contributed by atoms with Crippen LogP contribution in [0.1, 0.15) is 18.2 Å². The molecular weight excluding hydrogens is 245 g/mol. The first-order chi connectivity index (χ1) is 9.22. The van der Waals surface area contributed by atoms with Gasteiger partial charge in [-0.2, -0.15) is 0 Å². The smallest absolute Gasteiger partial charge is 0.165 e. The first-order valence-corrected chi connectivity index (χ1v) is 6.28. The average Bonchev–Trinajstić information content (AvgIpc) is 2.81. The Morgan fingerprint density at radius 2 is 2.26 bits per heavy atom. The number of aromatic nitrogens is 2. The molecular formula is C14H18FN3O. The Bertz CT molecular complexity index is 539. The summed E-state index contributed by atoms with van der Waals surface area (Å²) >= 11 is 0. The van der Waals surface area contributed by atoms with Crippen molar-refractivity contribution < 1.29 is 9.13 Å². The Kier molecular flexibility index (Phi) is 4.52. The molecule has 19 heavy (non-hydrogen) atoms. The van der Waals surface area contributed by atoms with Gasteiger partial charge in [-0.3, -0.25) is 0 Å². The molecule has 0 aliphatic heterocycles. The fraction of sp³-hybridized carbons (Fsp3) is 0.357. The number of benzene rings is 1. The largest absolute Gasteiger partial charge is 0.484 e. The van der Waals surface area contributed by atoms with Crippen LogP contribution in [0.3, 0.4) is 0 Å². The van der Waals surface area contributed by atoms with E-state index in [0.29, 0.717) is 18.9 Å². The quantitative estimate of drug-likeness (QED) is 0.868. The molecule has 0 atom stereocenters. The second-order valence-electron chi connectivity index (χ2n) is 4.29. The third kappa shape index (κ3) is 3.32. The summed E-state index contributed by atoms with van der Waals surface area (Å²) < 4.78 is 21.3. The van der Waals surface area contributed by atoms with Gasteiger partial charge < -0.3 is 14.6 Å². The predicted octanol–water partition coefficient (Wildman–Crippen LogP) is 2.25. The topological polar surface area (TPSA) is 39.1 Å². The highest BCUT2D eigenvalue weighted by molar-refractivity contribution is 5.35. The van der Waals surface area contributed by atoms with Gasteiger partial charge in [0.05, 0.1) is 18.2 Å². The lowest BCUT2D eigenvalue weighted by Crippen LogP contribution is -2.13. The summed E-state index contributed by atoms with van der Waals surface area (Å²) in [6, 6.07) is 4.97. The number of nitrogens with one attached hydrogen (secondary N) is 1. The minimum Gasteiger partial charge on any atom is -0.484 e. The number of imidazole rings is 1. The summed E-state index contributed by atoms with van der Waals surface area (Å²) in [6.45, 7) is 3.73. The number of hydrogen-bond donors (Lipinski definition) is 1. The molecule has 0 aliphatic rings. The van der Waals surface area contributed by atoms with Gasteiger partial charge in [0.15, 0.2) is 11.6 Å². The van der Waals surface area contributed by atoms with Gasteiger partial charge in [-0.15, -0.1) is 0 Å². The Morgan fingerprint density at radius 1 is 1.42 bits per heavy atom. The Morgan fingerprint density at radius 3 is 2.95 bits per heavy atom. The summed E-state index contributed by atoms with van der Waals surface area (Å²) in [4.78, 5) is 4.01. The van der Waals surface area contributed by atoms with Crippen LogP contribution in [0.2, 0.25) is 0 Å². The van der Waals surface area contributed by atoms with Crippen molar-refractivity contribution in [2.24, 2.45) is 7.05 Å². The second kappa shape index (κ2) is 6.33. The van der Waals surface area contributed by atoms with E-state index in [1.807, 2.05) is 24.6 Å². The lowest BCUT2D eigenvalue weighted by Gasteiger charge is -2.12. The van der Waals surface area contributed by atoms with E-state index in [2.05, 4.69) is 10.3 Å². The van der Waals surface area contributed by atoms with E-state index in [4.69, 9.17) is 4.74 Å². The molecule has 4 nitrogen and oxygen atoms in total. The molecule has 2 aromatic rings. The van der Waals surface area contributed by atoms with E-state index in [1.165, 1.54) is 6.07 Å². The molecule has 0 radical (unpaired) electrons. The average molecular weight is 263 g/mol. The minimum atomic E-state index is -0.336. The SMILES string of the molecule is CCNCc1cccc(F)c1OCc1cncn1C. The zero-order valence-corrected chi connectivity index (χ0v) is 11.2. The van der Waals surface area contributed by atoms with Crippen molar-refractivity contribution in [3.8, 4) is 5.75 Å². The van der Waals surface area contributed by atoms with Crippen LogP contribution in [-0.2, 0) is 20.2 Å². The van der Waals surface area contributed by atoms with Crippen LogP contribution in [0.5, 0.6) is 5.75 Å². The molecule has 0 aliphatic carbocycles. The lowest BCUT2D eigenvalue weighted by molar-refractivity contribution is 0.278. The normalized spacial score (nSPS) is 10.7. The molecule has 0 fully saturated rings. The zero-order chi connectivity index (χ0) is 13.7. The van der Waals surface area contributed by atoms with Crippen LogP contribution in [0.4, 0.5) is 4.39 Å². The number of aryl methyl sites for hydroxylation is 1. The summed E-state index contributed by atoms with van der Waals surface area (Å²) in [5.74, 6) is -0.0257. The summed E-state index contributed by atoms with van der Waals surface area (Å²) in [5.41, 5.74) is 1.72. The van der Waals surface area contributed by atoms with Crippen molar-refractivity contribution in [1.82, 2.24) is 14.9 Å². The van der Waals surface area contributed by atoms with Gasteiger partial charge in [-0.05, 0) is 12.6 Å². The molecule has 1 N–H and O–H groups in total. The molecule has 1 aromatic carbocycles. The lowest BCUT2D eigenvalue weighted by atomic mass is 10.2. The number of ether oxygens (including phenoxy) is 1. The maximum Gasteiger partial charge on any atom is 0.165 e. The molecule has 0 saturated heterocycles. The van der Waals surface area contributed by atoms with Crippen molar-refractivity contribution in [2.75, 3.05) is 6.54 Å². The number of halogens is 1. The fourth-order valence-electron chi connectivity index (χ4n) is 1.78. The Hall–Kier alpha value is -1.88. The van der Waals surface area contributed by atoms with Crippen LogP contribution in [0, 0.1) is 5.82 Å². The van der Waals surface area contributed by atoms with Gasteiger partial charge >= 0.3 is 0 Å². The van der Waals surface area contributed by atoms with Crippen LogP contribution in [0.15, 0.2) is 30.7 Å². The van der Waals surface area contributed by atoms with Gasteiger partial charge in [0.2, 0.25) is 0 Å². The van der Waals surface area contributed by atoms with Crippen LogP contribution < -0.4 is 10.1 Å². The monoisotopic (exact) mass is 263 g/mol. The number of rotatable bonds is 6. The van der Waals surface area contributed by atoms with Crippen molar-refractivity contribution in [2.45, 2.75) is 20.1 Å². The number of para-hydroxylation sites is 1. The molecule has 0 bridgehead atoms. The first kappa shape index (κ1) is 13.5. The summed E-state index contributed by atoms with van der Waals surface area (Å²) in [6.07, 6.45) is 3.41. The standard InChI is InChI=1S/C14H18FN3O/c1-3-16-7-11-5-4-6-13(15)14(11)19-9-12-8-17-10-18(12)2/h4-6,8,10,16H,3,7,9H2,1-2H3. The van der Waals surface area contributed by atoms with Crippen molar-refractivity contribution in [3.05, 3.63) is 47.8 Å². The molecule has 102 valence electrons.